The molecule has 0 saturated heterocycles. The van der Waals surface area contributed by atoms with Crippen molar-refractivity contribution in [2.75, 3.05) is 6.54 Å². The molecule has 19 heavy (non-hydrogen) atoms. The predicted molar refractivity (Wildman–Crippen MR) is 74.1 cm³/mol. The lowest BCUT2D eigenvalue weighted by Crippen LogP contribution is -2.32. The van der Waals surface area contributed by atoms with Crippen LogP contribution in [-0.4, -0.2) is 12.6 Å². The first-order valence-corrected chi connectivity index (χ1v) is 7.35. The van der Waals surface area contributed by atoms with Crippen LogP contribution in [0.5, 0.6) is 0 Å². The molecule has 0 radical (unpaired) electrons. The summed E-state index contributed by atoms with van der Waals surface area (Å²) in [5.41, 5.74) is 0.751. The fourth-order valence-corrected chi connectivity index (χ4v) is 3.19. The zero-order valence-electron chi connectivity index (χ0n) is 11.6. The maximum absolute atomic E-state index is 13.2. The van der Waals surface area contributed by atoms with Gasteiger partial charge in [-0.05, 0) is 43.0 Å². The van der Waals surface area contributed by atoms with E-state index in [1.54, 1.807) is 0 Å². The van der Waals surface area contributed by atoms with Crippen molar-refractivity contribution in [3.63, 3.8) is 0 Å². The molecule has 0 aromatic heterocycles. The van der Waals surface area contributed by atoms with Gasteiger partial charge in [0.25, 0.3) is 0 Å². The van der Waals surface area contributed by atoms with Gasteiger partial charge in [0, 0.05) is 12.1 Å². The van der Waals surface area contributed by atoms with Crippen molar-refractivity contribution in [2.45, 2.75) is 51.5 Å². The van der Waals surface area contributed by atoms with Crippen LogP contribution < -0.4 is 5.32 Å². The van der Waals surface area contributed by atoms with E-state index in [2.05, 4.69) is 12.2 Å². The van der Waals surface area contributed by atoms with Crippen LogP contribution in [-0.2, 0) is 6.42 Å². The Hall–Kier alpha value is -0.960. The van der Waals surface area contributed by atoms with Gasteiger partial charge in [-0.15, -0.1) is 0 Å². The Kier molecular flexibility index (Phi) is 5.32. The Morgan fingerprint density at radius 3 is 2.37 bits per heavy atom. The lowest BCUT2D eigenvalue weighted by molar-refractivity contribution is 0.389. The second-order valence-electron chi connectivity index (χ2n) is 5.62. The average molecular weight is 267 g/mol. The fraction of sp³-hybridized carbons (Fsp3) is 0.625. The lowest BCUT2D eigenvalue weighted by Gasteiger charge is -2.21. The molecule has 1 aliphatic rings. The Balaban J connectivity index is 1.98. The van der Waals surface area contributed by atoms with Gasteiger partial charge in [-0.2, -0.15) is 0 Å². The third-order valence-corrected chi connectivity index (χ3v) is 3.99. The summed E-state index contributed by atoms with van der Waals surface area (Å²) in [5.74, 6) is -0.181. The molecule has 0 spiro atoms. The highest BCUT2D eigenvalue weighted by Crippen LogP contribution is 2.29. The van der Waals surface area contributed by atoms with Crippen molar-refractivity contribution in [1.29, 1.82) is 0 Å². The maximum atomic E-state index is 13.2. The summed E-state index contributed by atoms with van der Waals surface area (Å²) >= 11 is 0. The van der Waals surface area contributed by atoms with Crippen molar-refractivity contribution in [2.24, 2.45) is 5.92 Å². The Labute approximate surface area is 114 Å². The van der Waals surface area contributed by atoms with Gasteiger partial charge in [-0.25, -0.2) is 8.78 Å². The first-order valence-electron chi connectivity index (χ1n) is 7.35. The number of likely N-dealkylation sites (N-methyl/N-ethyl adjacent to an activating group) is 1. The molecule has 106 valence electrons. The quantitative estimate of drug-likeness (QED) is 0.819. The summed E-state index contributed by atoms with van der Waals surface area (Å²) in [7, 11) is 0. The van der Waals surface area contributed by atoms with E-state index in [0.717, 1.165) is 30.5 Å². The van der Waals surface area contributed by atoms with E-state index in [1.807, 2.05) is 0 Å². The van der Waals surface area contributed by atoms with Crippen molar-refractivity contribution < 1.29 is 8.78 Å². The molecule has 0 bridgehead atoms. The SMILES string of the molecule is CCNC(Cc1cc(F)cc(F)c1)CC1CCCC1. The van der Waals surface area contributed by atoms with Gasteiger partial charge in [0.05, 0.1) is 0 Å². The monoisotopic (exact) mass is 267 g/mol. The zero-order valence-corrected chi connectivity index (χ0v) is 11.6. The minimum Gasteiger partial charge on any atom is -0.314 e. The number of benzene rings is 1. The van der Waals surface area contributed by atoms with E-state index in [9.17, 15) is 8.78 Å². The molecule has 1 saturated carbocycles. The van der Waals surface area contributed by atoms with Gasteiger partial charge in [-0.3, -0.25) is 0 Å². The molecule has 1 N–H and O–H groups in total. The largest absolute Gasteiger partial charge is 0.314 e. The first kappa shape index (κ1) is 14.4. The van der Waals surface area contributed by atoms with Crippen molar-refractivity contribution in [3.05, 3.63) is 35.4 Å². The fourth-order valence-electron chi connectivity index (χ4n) is 3.19. The van der Waals surface area contributed by atoms with Crippen LogP contribution in [0.2, 0.25) is 0 Å². The summed E-state index contributed by atoms with van der Waals surface area (Å²) in [6.45, 7) is 2.98. The Morgan fingerprint density at radius 1 is 1.16 bits per heavy atom. The highest BCUT2D eigenvalue weighted by Gasteiger charge is 2.20. The molecule has 2 rings (SSSR count). The van der Waals surface area contributed by atoms with E-state index in [0.29, 0.717) is 12.5 Å². The van der Waals surface area contributed by atoms with Gasteiger partial charge in [0.15, 0.2) is 0 Å². The van der Waals surface area contributed by atoms with Gasteiger partial charge in [0.1, 0.15) is 11.6 Å². The van der Waals surface area contributed by atoms with Gasteiger partial charge < -0.3 is 5.32 Å². The smallest absolute Gasteiger partial charge is 0.126 e. The highest BCUT2D eigenvalue weighted by atomic mass is 19.1. The normalized spacial score (nSPS) is 17.8. The highest BCUT2D eigenvalue weighted by molar-refractivity contribution is 5.19. The van der Waals surface area contributed by atoms with Crippen molar-refractivity contribution in [3.8, 4) is 0 Å². The van der Waals surface area contributed by atoms with E-state index < -0.39 is 11.6 Å². The predicted octanol–water partition coefficient (Wildman–Crippen LogP) is 4.07. The number of hydrogen-bond acceptors (Lipinski definition) is 1. The van der Waals surface area contributed by atoms with E-state index in [1.165, 1.54) is 37.8 Å². The minimum atomic E-state index is -0.480. The van der Waals surface area contributed by atoms with Crippen LogP contribution in [0.15, 0.2) is 18.2 Å². The summed E-state index contributed by atoms with van der Waals surface area (Å²) in [6.07, 6.45) is 7.10. The molecule has 1 unspecified atom stereocenters. The van der Waals surface area contributed by atoms with E-state index in [-0.39, 0.29) is 0 Å². The molecule has 0 aliphatic heterocycles. The van der Waals surface area contributed by atoms with Gasteiger partial charge in [-0.1, -0.05) is 32.6 Å². The molecule has 1 aliphatic carbocycles. The van der Waals surface area contributed by atoms with E-state index in [4.69, 9.17) is 0 Å². The summed E-state index contributed by atoms with van der Waals surface area (Å²) < 4.78 is 26.4. The molecule has 1 nitrogen and oxygen atoms in total. The van der Waals surface area contributed by atoms with Crippen LogP contribution in [0, 0.1) is 17.6 Å². The average Bonchev–Trinajstić information content (AvgIpc) is 2.80. The molecule has 1 aromatic rings. The standard InChI is InChI=1S/C16H23F2N/c1-2-19-16(9-12-5-3-4-6-12)10-13-7-14(17)11-15(18)8-13/h7-8,11-12,16,19H,2-6,9-10H2,1H3. The second kappa shape index (κ2) is 6.99. The third-order valence-electron chi connectivity index (χ3n) is 3.99. The minimum absolute atomic E-state index is 0.328. The molecular formula is C16H23F2N. The molecule has 0 heterocycles. The number of hydrogen-bond donors (Lipinski definition) is 1. The Morgan fingerprint density at radius 2 is 1.79 bits per heavy atom. The van der Waals surface area contributed by atoms with Crippen LogP contribution in [0.1, 0.15) is 44.6 Å². The molecule has 1 fully saturated rings. The van der Waals surface area contributed by atoms with Crippen molar-refractivity contribution in [1.82, 2.24) is 5.32 Å². The third kappa shape index (κ3) is 4.57. The zero-order chi connectivity index (χ0) is 13.7. The second-order valence-corrected chi connectivity index (χ2v) is 5.62. The van der Waals surface area contributed by atoms with Crippen molar-refractivity contribution >= 4 is 0 Å². The molecule has 1 atom stereocenters. The van der Waals surface area contributed by atoms with Gasteiger partial charge in [0.2, 0.25) is 0 Å². The summed E-state index contributed by atoms with van der Waals surface area (Å²) in [4.78, 5) is 0. The maximum Gasteiger partial charge on any atom is 0.126 e. The lowest BCUT2D eigenvalue weighted by atomic mass is 9.94. The number of rotatable bonds is 6. The van der Waals surface area contributed by atoms with Gasteiger partial charge >= 0.3 is 0 Å². The summed E-state index contributed by atoms with van der Waals surface area (Å²) in [5, 5.41) is 3.45. The van der Waals surface area contributed by atoms with Crippen LogP contribution in [0.3, 0.4) is 0 Å². The molecular weight excluding hydrogens is 244 g/mol. The van der Waals surface area contributed by atoms with Crippen LogP contribution in [0.25, 0.3) is 0 Å². The molecule has 0 amide bonds. The molecule has 1 aromatic carbocycles. The summed E-state index contributed by atoms with van der Waals surface area (Å²) in [6, 6.07) is 4.15. The molecule has 3 heteroatoms. The number of nitrogens with one attached hydrogen (secondary N) is 1. The topological polar surface area (TPSA) is 12.0 Å². The van der Waals surface area contributed by atoms with Crippen LogP contribution >= 0.6 is 0 Å². The Bertz CT molecular complexity index is 379. The number of halogens is 2. The van der Waals surface area contributed by atoms with Crippen LogP contribution in [0.4, 0.5) is 8.78 Å². The van der Waals surface area contributed by atoms with E-state index >= 15 is 0 Å². The first-order chi connectivity index (χ1) is 9.17.